The van der Waals surface area contributed by atoms with Crippen LogP contribution >= 0.6 is 0 Å². The summed E-state index contributed by atoms with van der Waals surface area (Å²) < 4.78 is 73.4. The number of carboxylic acid groups (broad SMARTS) is 1. The van der Waals surface area contributed by atoms with E-state index in [2.05, 4.69) is 14.8 Å². The fourth-order valence-electron chi connectivity index (χ4n) is 2.55. The summed E-state index contributed by atoms with van der Waals surface area (Å²) in [6, 6.07) is 5.49. The minimum atomic E-state index is -4.73. The first-order valence-electron chi connectivity index (χ1n) is 8.03. The molecule has 3 rings (SSSR count). The van der Waals surface area contributed by atoms with Crippen LogP contribution in [0.2, 0.25) is 0 Å². The molecule has 1 heterocycles. The van der Waals surface area contributed by atoms with Crippen molar-refractivity contribution in [2.24, 2.45) is 0 Å². The molecule has 2 aromatic carbocycles. The van der Waals surface area contributed by atoms with Crippen LogP contribution in [0.4, 0.5) is 18.9 Å². The van der Waals surface area contributed by atoms with E-state index in [9.17, 15) is 26.4 Å². The lowest BCUT2D eigenvalue weighted by atomic mass is 10.1. The van der Waals surface area contributed by atoms with Crippen LogP contribution < -0.4 is 9.46 Å². The molecule has 0 fully saturated rings. The summed E-state index contributed by atoms with van der Waals surface area (Å²) in [5.74, 6) is -1.58. The summed E-state index contributed by atoms with van der Waals surface area (Å²) in [6.45, 7) is 0. The van der Waals surface area contributed by atoms with Gasteiger partial charge in [-0.3, -0.25) is 4.72 Å². The van der Waals surface area contributed by atoms with E-state index in [4.69, 9.17) is 9.84 Å². The molecular weight excluding hydrogens is 429 g/mol. The highest BCUT2D eigenvalue weighted by molar-refractivity contribution is 7.92. The highest BCUT2D eigenvalue weighted by Crippen LogP contribution is 2.35. The minimum absolute atomic E-state index is 0.0302. The lowest BCUT2D eigenvalue weighted by Crippen LogP contribution is -2.17. The molecule has 0 aliphatic rings. The number of rotatable bonds is 6. The Bertz CT molecular complexity index is 1190. The van der Waals surface area contributed by atoms with Crippen molar-refractivity contribution < 1.29 is 36.2 Å². The van der Waals surface area contributed by atoms with E-state index < -0.39 is 38.3 Å². The second-order valence-electron chi connectivity index (χ2n) is 5.85. The predicted octanol–water partition coefficient (Wildman–Crippen LogP) is 2.79. The molecule has 0 aliphatic heterocycles. The van der Waals surface area contributed by atoms with Gasteiger partial charge in [-0.25, -0.2) is 22.9 Å². The number of nitrogens with zero attached hydrogens (tertiary/aromatic N) is 3. The summed E-state index contributed by atoms with van der Waals surface area (Å²) >= 11 is 0. The molecule has 0 saturated heterocycles. The van der Waals surface area contributed by atoms with Crippen molar-refractivity contribution in [3.8, 4) is 11.4 Å². The Morgan fingerprint density at radius 3 is 2.50 bits per heavy atom. The maximum Gasteiger partial charge on any atom is 0.416 e. The lowest BCUT2D eigenvalue weighted by Gasteiger charge is -2.16. The van der Waals surface area contributed by atoms with Crippen molar-refractivity contribution in [2.45, 2.75) is 11.1 Å². The van der Waals surface area contributed by atoms with Gasteiger partial charge in [-0.05, 0) is 36.4 Å². The first-order valence-corrected chi connectivity index (χ1v) is 9.51. The Hall–Kier alpha value is -3.61. The molecule has 0 amide bonds. The van der Waals surface area contributed by atoms with Gasteiger partial charge in [-0.15, -0.1) is 0 Å². The highest BCUT2D eigenvalue weighted by atomic mass is 32.2. The number of carboxylic acids is 1. The smallest absolute Gasteiger partial charge is 0.416 e. The predicted molar refractivity (Wildman–Crippen MR) is 97.1 cm³/mol. The SMILES string of the molecule is COc1ccc(C(=O)O)cc1S(=O)(=O)Nc1cc(C(F)(F)F)ccc1-n1cncn1. The van der Waals surface area contributed by atoms with Gasteiger partial charge >= 0.3 is 12.1 Å². The topological polar surface area (TPSA) is 123 Å². The van der Waals surface area contributed by atoms with E-state index in [-0.39, 0.29) is 17.0 Å². The number of halogens is 3. The number of benzene rings is 2. The third-order valence-electron chi connectivity index (χ3n) is 3.93. The second kappa shape index (κ2) is 7.67. The highest BCUT2D eigenvalue weighted by Gasteiger charge is 2.32. The lowest BCUT2D eigenvalue weighted by molar-refractivity contribution is -0.137. The third-order valence-corrected chi connectivity index (χ3v) is 5.32. The molecule has 0 atom stereocenters. The Morgan fingerprint density at radius 2 is 1.93 bits per heavy atom. The van der Waals surface area contributed by atoms with Crippen molar-refractivity contribution in [1.82, 2.24) is 14.8 Å². The Morgan fingerprint density at radius 1 is 1.20 bits per heavy atom. The van der Waals surface area contributed by atoms with Crippen LogP contribution in [0.3, 0.4) is 0 Å². The van der Waals surface area contributed by atoms with E-state index in [1.54, 1.807) is 0 Å². The third kappa shape index (κ3) is 4.20. The van der Waals surface area contributed by atoms with E-state index >= 15 is 0 Å². The average molecular weight is 442 g/mol. The quantitative estimate of drug-likeness (QED) is 0.602. The van der Waals surface area contributed by atoms with Gasteiger partial charge in [0.2, 0.25) is 0 Å². The molecule has 0 spiro atoms. The number of carbonyl (C=O) groups is 1. The van der Waals surface area contributed by atoms with Crippen molar-refractivity contribution in [3.63, 3.8) is 0 Å². The summed E-state index contributed by atoms with van der Waals surface area (Å²) in [5.41, 5.74) is -1.93. The normalized spacial score (nSPS) is 11.9. The van der Waals surface area contributed by atoms with E-state index in [0.717, 1.165) is 41.3 Å². The van der Waals surface area contributed by atoms with Crippen LogP contribution in [0.25, 0.3) is 5.69 Å². The van der Waals surface area contributed by atoms with Gasteiger partial charge < -0.3 is 9.84 Å². The average Bonchev–Trinajstić information content (AvgIpc) is 3.20. The number of ether oxygens (including phenoxy) is 1. The van der Waals surface area contributed by atoms with Crippen LogP contribution in [0, 0.1) is 0 Å². The van der Waals surface area contributed by atoms with Gasteiger partial charge in [-0.2, -0.15) is 18.3 Å². The standard InChI is InChI=1S/C17H13F3N4O5S/c1-29-14-5-2-10(16(25)26)6-15(14)30(27,28)23-12-7-11(17(18,19)20)3-4-13(12)24-9-21-8-22-24/h2-9,23H,1H3,(H,25,26). The van der Waals surface area contributed by atoms with Gasteiger partial charge in [0.25, 0.3) is 10.0 Å². The largest absolute Gasteiger partial charge is 0.495 e. The van der Waals surface area contributed by atoms with Gasteiger partial charge in [0.05, 0.1) is 29.6 Å². The Balaban J connectivity index is 2.15. The molecule has 0 radical (unpaired) electrons. The molecule has 1 aromatic heterocycles. The first kappa shape index (κ1) is 21.1. The van der Waals surface area contributed by atoms with Crippen LogP contribution in [0.5, 0.6) is 5.75 Å². The minimum Gasteiger partial charge on any atom is -0.495 e. The summed E-state index contributed by atoms with van der Waals surface area (Å²) in [7, 11) is -3.39. The number of hydrogen-bond donors (Lipinski definition) is 2. The van der Waals surface area contributed by atoms with Crippen LogP contribution in [0.15, 0.2) is 53.9 Å². The van der Waals surface area contributed by atoms with Gasteiger partial charge in [0.1, 0.15) is 23.3 Å². The number of hydrogen-bond acceptors (Lipinski definition) is 6. The summed E-state index contributed by atoms with van der Waals surface area (Å²) in [5, 5.41) is 12.9. The van der Waals surface area contributed by atoms with E-state index in [0.29, 0.717) is 6.07 Å². The fraction of sp³-hybridized carbons (Fsp3) is 0.118. The molecule has 0 bridgehead atoms. The molecular formula is C17H13F3N4O5S. The van der Waals surface area contributed by atoms with Crippen molar-refractivity contribution in [3.05, 3.63) is 60.2 Å². The zero-order chi connectivity index (χ0) is 22.1. The molecule has 158 valence electrons. The number of sulfonamides is 1. The molecule has 0 saturated carbocycles. The molecule has 9 nitrogen and oxygen atoms in total. The Labute approximate surface area is 167 Å². The number of methoxy groups -OCH3 is 1. The van der Waals surface area contributed by atoms with Crippen LogP contribution in [0.1, 0.15) is 15.9 Å². The fourth-order valence-corrected chi connectivity index (χ4v) is 3.81. The maximum absolute atomic E-state index is 13.2. The Kier molecular flexibility index (Phi) is 5.39. The van der Waals surface area contributed by atoms with Gasteiger partial charge in [0, 0.05) is 0 Å². The number of anilines is 1. The number of aromatic nitrogens is 3. The zero-order valence-corrected chi connectivity index (χ0v) is 15.9. The molecule has 13 heteroatoms. The zero-order valence-electron chi connectivity index (χ0n) is 15.1. The van der Waals surface area contributed by atoms with E-state index in [1.165, 1.54) is 13.4 Å². The van der Waals surface area contributed by atoms with Crippen LogP contribution in [-0.2, 0) is 16.2 Å². The summed E-state index contributed by atoms with van der Waals surface area (Å²) in [6.07, 6.45) is -2.44. The first-order chi connectivity index (χ1) is 14.0. The molecule has 30 heavy (non-hydrogen) atoms. The van der Waals surface area contributed by atoms with Crippen LogP contribution in [-0.4, -0.2) is 41.4 Å². The molecule has 0 aliphatic carbocycles. The van der Waals surface area contributed by atoms with Crippen molar-refractivity contribution in [2.75, 3.05) is 11.8 Å². The molecule has 3 aromatic rings. The van der Waals surface area contributed by atoms with Crippen molar-refractivity contribution >= 4 is 21.7 Å². The van der Waals surface area contributed by atoms with Gasteiger partial charge in [0.15, 0.2) is 0 Å². The number of aromatic carboxylic acids is 1. The summed E-state index contributed by atoms with van der Waals surface area (Å²) in [4.78, 5) is 14.3. The van der Waals surface area contributed by atoms with Gasteiger partial charge in [-0.1, -0.05) is 0 Å². The number of nitrogens with one attached hydrogen (secondary N) is 1. The number of alkyl halides is 3. The monoisotopic (exact) mass is 442 g/mol. The van der Waals surface area contributed by atoms with Crippen molar-refractivity contribution in [1.29, 1.82) is 0 Å². The maximum atomic E-state index is 13.2. The molecule has 2 N–H and O–H groups in total. The molecule has 0 unspecified atom stereocenters. The second-order valence-corrected chi connectivity index (χ2v) is 7.50. The van der Waals surface area contributed by atoms with E-state index in [1.807, 2.05) is 0 Å².